The molecule has 1 atom stereocenters. The summed E-state index contributed by atoms with van der Waals surface area (Å²) in [6, 6.07) is 13.1. The Morgan fingerprint density at radius 2 is 1.75 bits per heavy atom. The van der Waals surface area contributed by atoms with Crippen LogP contribution in [-0.4, -0.2) is 11.7 Å². The number of aliphatic hydroxyl groups excluding tert-OH is 1. The minimum atomic E-state index is 0.317. The fourth-order valence-corrected chi connectivity index (χ4v) is 3.41. The maximum absolute atomic E-state index is 8.87. The molecular formula is C18H23BrO. The minimum absolute atomic E-state index is 0.317. The lowest BCUT2D eigenvalue weighted by Crippen LogP contribution is -1.99. The summed E-state index contributed by atoms with van der Waals surface area (Å²) in [6.45, 7) is 2.59. The third-order valence-corrected chi connectivity index (χ3v) is 4.74. The number of unbranched alkanes of at least 4 members (excludes halogenated alkanes) is 2. The highest BCUT2D eigenvalue weighted by Gasteiger charge is 2.13. The molecule has 0 amide bonds. The van der Waals surface area contributed by atoms with E-state index in [2.05, 4.69) is 59.3 Å². The van der Waals surface area contributed by atoms with Gasteiger partial charge >= 0.3 is 0 Å². The van der Waals surface area contributed by atoms with E-state index in [0.29, 0.717) is 12.5 Å². The highest BCUT2D eigenvalue weighted by atomic mass is 79.9. The van der Waals surface area contributed by atoms with Gasteiger partial charge < -0.3 is 5.11 Å². The topological polar surface area (TPSA) is 20.2 Å². The summed E-state index contributed by atoms with van der Waals surface area (Å²) in [5.41, 5.74) is 1.47. The third kappa shape index (κ3) is 3.62. The Labute approximate surface area is 130 Å². The van der Waals surface area contributed by atoms with Crippen LogP contribution in [0.2, 0.25) is 0 Å². The molecule has 20 heavy (non-hydrogen) atoms. The summed E-state index contributed by atoms with van der Waals surface area (Å²) in [4.78, 5) is 0. The van der Waals surface area contributed by atoms with Crippen LogP contribution in [0.1, 0.15) is 50.5 Å². The Bertz CT molecular complexity index is 550. The van der Waals surface area contributed by atoms with Crippen molar-refractivity contribution in [3.05, 3.63) is 46.4 Å². The van der Waals surface area contributed by atoms with Gasteiger partial charge in [-0.2, -0.15) is 0 Å². The first-order valence-corrected chi connectivity index (χ1v) is 8.35. The quantitative estimate of drug-likeness (QED) is 0.648. The lowest BCUT2D eigenvalue weighted by molar-refractivity contribution is 0.281. The van der Waals surface area contributed by atoms with Gasteiger partial charge in [0.25, 0.3) is 0 Å². The van der Waals surface area contributed by atoms with E-state index in [4.69, 9.17) is 5.11 Å². The monoisotopic (exact) mass is 334 g/mol. The molecule has 0 aliphatic carbocycles. The first-order valence-electron chi connectivity index (χ1n) is 7.56. The molecule has 1 nitrogen and oxygen atoms in total. The van der Waals surface area contributed by atoms with Gasteiger partial charge in [-0.3, -0.25) is 0 Å². The molecule has 2 heteroatoms. The zero-order valence-corrected chi connectivity index (χ0v) is 13.7. The van der Waals surface area contributed by atoms with Crippen LogP contribution in [0.15, 0.2) is 40.9 Å². The Balaban J connectivity index is 2.23. The van der Waals surface area contributed by atoms with E-state index in [1.807, 2.05) is 0 Å². The zero-order valence-electron chi connectivity index (χ0n) is 12.1. The van der Waals surface area contributed by atoms with Crippen molar-refractivity contribution in [2.75, 3.05) is 6.61 Å². The van der Waals surface area contributed by atoms with Gasteiger partial charge in [0, 0.05) is 11.1 Å². The second-order valence-electron chi connectivity index (χ2n) is 5.36. The van der Waals surface area contributed by atoms with E-state index < -0.39 is 0 Å². The molecule has 0 aliphatic heterocycles. The van der Waals surface area contributed by atoms with Crippen LogP contribution in [0, 0.1) is 0 Å². The SMILES string of the molecule is CCC(CCCCCO)c1cccc2c(Br)cccc12. The predicted molar refractivity (Wildman–Crippen MR) is 90.2 cm³/mol. The second-order valence-corrected chi connectivity index (χ2v) is 6.21. The Morgan fingerprint density at radius 3 is 2.50 bits per heavy atom. The number of halogens is 1. The molecule has 0 fully saturated rings. The van der Waals surface area contributed by atoms with Gasteiger partial charge in [-0.25, -0.2) is 0 Å². The standard InChI is InChI=1S/C18H23BrO/c1-2-14(8-4-3-5-13-20)15-9-6-11-17-16(15)10-7-12-18(17)19/h6-7,9-12,14,20H,2-5,8,13H2,1H3. The van der Waals surface area contributed by atoms with Gasteiger partial charge in [0.15, 0.2) is 0 Å². The lowest BCUT2D eigenvalue weighted by atomic mass is 9.87. The molecule has 1 N–H and O–H groups in total. The summed E-state index contributed by atoms with van der Waals surface area (Å²) in [5, 5.41) is 11.5. The third-order valence-electron chi connectivity index (χ3n) is 4.05. The van der Waals surface area contributed by atoms with Crippen LogP contribution in [0.25, 0.3) is 10.8 Å². The van der Waals surface area contributed by atoms with Gasteiger partial charge in [-0.1, -0.05) is 66.0 Å². The van der Waals surface area contributed by atoms with E-state index in [1.165, 1.54) is 40.1 Å². The Hall–Kier alpha value is -0.860. The molecule has 0 aromatic heterocycles. The van der Waals surface area contributed by atoms with Crippen LogP contribution in [-0.2, 0) is 0 Å². The number of benzene rings is 2. The summed E-state index contributed by atoms with van der Waals surface area (Å²) in [5.74, 6) is 0.617. The zero-order chi connectivity index (χ0) is 14.4. The number of aliphatic hydroxyl groups is 1. The smallest absolute Gasteiger partial charge is 0.0431 e. The molecule has 0 radical (unpaired) electrons. The summed E-state index contributed by atoms with van der Waals surface area (Å²) in [7, 11) is 0. The fraction of sp³-hybridized carbons (Fsp3) is 0.444. The van der Waals surface area contributed by atoms with Crippen molar-refractivity contribution in [1.29, 1.82) is 0 Å². The Morgan fingerprint density at radius 1 is 1.00 bits per heavy atom. The van der Waals surface area contributed by atoms with Crippen LogP contribution in [0.4, 0.5) is 0 Å². The first-order chi connectivity index (χ1) is 9.77. The minimum Gasteiger partial charge on any atom is -0.396 e. The van der Waals surface area contributed by atoms with Gasteiger partial charge in [-0.15, -0.1) is 0 Å². The van der Waals surface area contributed by atoms with Crippen molar-refractivity contribution in [2.45, 2.75) is 44.9 Å². The van der Waals surface area contributed by atoms with Crippen molar-refractivity contribution in [2.24, 2.45) is 0 Å². The average molecular weight is 335 g/mol. The van der Waals surface area contributed by atoms with Crippen molar-refractivity contribution in [3.8, 4) is 0 Å². The largest absolute Gasteiger partial charge is 0.396 e. The molecule has 2 aromatic carbocycles. The maximum Gasteiger partial charge on any atom is 0.0431 e. The highest BCUT2D eigenvalue weighted by molar-refractivity contribution is 9.10. The van der Waals surface area contributed by atoms with Crippen LogP contribution in [0.3, 0.4) is 0 Å². The molecule has 2 aromatic rings. The van der Waals surface area contributed by atoms with E-state index in [9.17, 15) is 0 Å². The van der Waals surface area contributed by atoms with Crippen molar-refractivity contribution in [3.63, 3.8) is 0 Å². The number of hydrogen-bond acceptors (Lipinski definition) is 1. The molecule has 1 unspecified atom stereocenters. The first kappa shape index (κ1) is 15.5. The molecule has 0 saturated carbocycles. The molecular weight excluding hydrogens is 312 g/mol. The van der Waals surface area contributed by atoms with Crippen LogP contribution < -0.4 is 0 Å². The fourth-order valence-electron chi connectivity index (χ4n) is 2.91. The molecule has 0 heterocycles. The number of rotatable bonds is 7. The summed E-state index contributed by atoms with van der Waals surface area (Å²) < 4.78 is 1.17. The molecule has 0 bridgehead atoms. The van der Waals surface area contributed by atoms with Crippen LogP contribution >= 0.6 is 15.9 Å². The van der Waals surface area contributed by atoms with E-state index in [-0.39, 0.29) is 0 Å². The molecule has 108 valence electrons. The predicted octanol–water partition coefficient (Wildman–Crippen LogP) is 5.65. The van der Waals surface area contributed by atoms with E-state index >= 15 is 0 Å². The van der Waals surface area contributed by atoms with Crippen molar-refractivity contribution >= 4 is 26.7 Å². The summed E-state index contributed by atoms with van der Waals surface area (Å²) >= 11 is 3.65. The van der Waals surface area contributed by atoms with E-state index in [1.54, 1.807) is 0 Å². The summed E-state index contributed by atoms with van der Waals surface area (Å²) in [6.07, 6.45) is 5.63. The van der Waals surface area contributed by atoms with Crippen LogP contribution in [0.5, 0.6) is 0 Å². The van der Waals surface area contributed by atoms with Gasteiger partial charge in [0.1, 0.15) is 0 Å². The lowest BCUT2D eigenvalue weighted by Gasteiger charge is -2.18. The van der Waals surface area contributed by atoms with Gasteiger partial charge in [0.05, 0.1) is 0 Å². The maximum atomic E-state index is 8.87. The Kier molecular flexibility index (Phi) is 6.06. The normalized spacial score (nSPS) is 12.8. The van der Waals surface area contributed by atoms with Gasteiger partial charge in [0.2, 0.25) is 0 Å². The van der Waals surface area contributed by atoms with Gasteiger partial charge in [-0.05, 0) is 47.6 Å². The second kappa shape index (κ2) is 7.80. The molecule has 0 saturated heterocycles. The van der Waals surface area contributed by atoms with Crippen molar-refractivity contribution < 1.29 is 5.11 Å². The molecule has 0 spiro atoms. The number of fused-ring (bicyclic) bond motifs is 1. The van der Waals surface area contributed by atoms with Crippen molar-refractivity contribution in [1.82, 2.24) is 0 Å². The highest BCUT2D eigenvalue weighted by Crippen LogP contribution is 2.34. The van der Waals surface area contributed by atoms with E-state index in [0.717, 1.165) is 12.8 Å². The number of hydrogen-bond donors (Lipinski definition) is 1. The average Bonchev–Trinajstić information content (AvgIpc) is 2.48. The molecule has 2 rings (SSSR count). The molecule has 0 aliphatic rings.